The van der Waals surface area contributed by atoms with Gasteiger partial charge in [-0.1, -0.05) is 17.8 Å². The third-order valence-corrected chi connectivity index (χ3v) is 7.94. The van der Waals surface area contributed by atoms with E-state index in [0.717, 1.165) is 24.9 Å². The second-order valence-electron chi connectivity index (χ2n) is 6.88. The molecule has 3 aromatic rings. The van der Waals surface area contributed by atoms with Crippen molar-refractivity contribution in [1.82, 2.24) is 14.5 Å². The lowest BCUT2D eigenvalue weighted by Crippen LogP contribution is -2.31. The summed E-state index contributed by atoms with van der Waals surface area (Å²) in [5.74, 6) is 0.401. The molecule has 4 rings (SSSR count). The van der Waals surface area contributed by atoms with Crippen LogP contribution in [0.15, 0.2) is 45.8 Å². The number of rotatable bonds is 6. The molecule has 1 aromatic carbocycles. The molecule has 0 saturated carbocycles. The number of likely N-dealkylation sites (tertiary alicyclic amines) is 1. The van der Waals surface area contributed by atoms with Crippen LogP contribution in [-0.4, -0.2) is 41.1 Å². The zero-order valence-electron chi connectivity index (χ0n) is 15.9. The van der Waals surface area contributed by atoms with Crippen molar-refractivity contribution in [2.75, 3.05) is 12.3 Å². The van der Waals surface area contributed by atoms with E-state index in [-0.39, 0.29) is 16.8 Å². The van der Waals surface area contributed by atoms with E-state index in [0.29, 0.717) is 23.0 Å². The summed E-state index contributed by atoms with van der Waals surface area (Å²) in [4.78, 5) is 20.7. The lowest BCUT2D eigenvalue weighted by Gasteiger charge is -2.23. The Morgan fingerprint density at radius 1 is 1.38 bits per heavy atom. The van der Waals surface area contributed by atoms with E-state index in [1.165, 1.54) is 28.8 Å². The number of nitrogens with two attached hydrogens (primary N) is 1. The number of amides is 1. The number of fused-ring (bicyclic) bond motifs is 1. The van der Waals surface area contributed by atoms with Gasteiger partial charge in [-0.3, -0.25) is 4.79 Å². The number of thioether (sulfide) groups is 1. The number of carbonyl (C=O) groups is 1. The average molecular weight is 451 g/mol. The number of aromatic nitrogens is 2. The summed E-state index contributed by atoms with van der Waals surface area (Å²) in [5, 5.41) is 7.98. The molecular formula is C19H22N4O3S3. The quantitative estimate of drug-likeness (QED) is 0.582. The first-order valence-electron chi connectivity index (χ1n) is 9.37. The van der Waals surface area contributed by atoms with Crippen LogP contribution in [0.1, 0.15) is 30.7 Å². The molecule has 1 aliphatic heterocycles. The third-order valence-electron chi connectivity index (χ3n) is 5.10. The fraction of sp³-hybridized carbons (Fsp3) is 0.368. The number of sulfonamides is 1. The van der Waals surface area contributed by atoms with Crippen molar-refractivity contribution in [3.05, 3.63) is 40.6 Å². The minimum Gasteiger partial charge on any atom is -0.334 e. The van der Waals surface area contributed by atoms with Crippen LogP contribution in [0.2, 0.25) is 0 Å². The molecular weight excluding hydrogens is 428 g/mol. The smallest absolute Gasteiger partial charge is 0.238 e. The van der Waals surface area contributed by atoms with Crippen molar-refractivity contribution in [2.24, 2.45) is 5.14 Å². The predicted molar refractivity (Wildman–Crippen MR) is 116 cm³/mol. The Hall–Kier alpha value is -1.88. The number of aryl methyl sites for hydroxylation is 1. The third kappa shape index (κ3) is 4.07. The molecule has 7 nitrogen and oxygen atoms in total. The summed E-state index contributed by atoms with van der Waals surface area (Å²) < 4.78 is 25.2. The Labute approximate surface area is 178 Å². The molecule has 1 fully saturated rings. The highest BCUT2D eigenvalue weighted by Gasteiger charge is 2.30. The maximum absolute atomic E-state index is 12.9. The molecule has 2 aromatic heterocycles. The van der Waals surface area contributed by atoms with Gasteiger partial charge < -0.3 is 9.47 Å². The molecule has 0 spiro atoms. The topological polar surface area (TPSA) is 98.3 Å². The van der Waals surface area contributed by atoms with Gasteiger partial charge in [-0.15, -0.1) is 11.3 Å². The summed E-state index contributed by atoms with van der Waals surface area (Å²) in [5.41, 5.74) is 1.39. The number of carbonyl (C=O) groups excluding carboxylic acids is 1. The van der Waals surface area contributed by atoms with Gasteiger partial charge in [-0.05, 0) is 49.4 Å². The van der Waals surface area contributed by atoms with Gasteiger partial charge in [0.25, 0.3) is 0 Å². The highest BCUT2D eigenvalue weighted by Crippen LogP contribution is 2.35. The van der Waals surface area contributed by atoms with Gasteiger partial charge in [0.1, 0.15) is 0 Å². The van der Waals surface area contributed by atoms with Crippen molar-refractivity contribution in [3.63, 3.8) is 0 Å². The molecule has 3 heterocycles. The highest BCUT2D eigenvalue weighted by atomic mass is 32.2. The van der Waals surface area contributed by atoms with Gasteiger partial charge in [0.05, 0.1) is 27.7 Å². The number of hydrogen-bond donors (Lipinski definition) is 1. The summed E-state index contributed by atoms with van der Waals surface area (Å²) in [6, 6.07) is 8.97. The Kier molecular flexibility index (Phi) is 5.69. The van der Waals surface area contributed by atoms with Crippen molar-refractivity contribution in [1.29, 1.82) is 0 Å². The Bertz CT molecular complexity index is 1140. The van der Waals surface area contributed by atoms with Crippen LogP contribution in [0.5, 0.6) is 0 Å². The maximum atomic E-state index is 12.9. The lowest BCUT2D eigenvalue weighted by molar-refractivity contribution is -0.129. The lowest BCUT2D eigenvalue weighted by atomic mass is 10.2. The molecule has 1 saturated heterocycles. The van der Waals surface area contributed by atoms with E-state index >= 15 is 0 Å². The summed E-state index contributed by atoms with van der Waals surface area (Å²) >= 11 is 3.08. The van der Waals surface area contributed by atoms with Gasteiger partial charge >= 0.3 is 0 Å². The molecule has 0 aliphatic carbocycles. The first-order chi connectivity index (χ1) is 13.9. The van der Waals surface area contributed by atoms with Crippen molar-refractivity contribution in [3.8, 4) is 0 Å². The van der Waals surface area contributed by atoms with Gasteiger partial charge in [0.15, 0.2) is 5.16 Å². The molecule has 10 heteroatoms. The number of benzene rings is 1. The number of nitrogens with zero attached hydrogens (tertiary/aromatic N) is 3. The Balaban J connectivity index is 1.54. The van der Waals surface area contributed by atoms with Crippen molar-refractivity contribution in [2.45, 2.75) is 42.4 Å². The number of thiophene rings is 1. The van der Waals surface area contributed by atoms with Crippen molar-refractivity contribution < 1.29 is 13.2 Å². The predicted octanol–water partition coefficient (Wildman–Crippen LogP) is 3.22. The number of primary sulfonamides is 1. The minimum absolute atomic E-state index is 0.0363. The molecule has 154 valence electrons. The van der Waals surface area contributed by atoms with E-state index < -0.39 is 10.0 Å². The van der Waals surface area contributed by atoms with E-state index in [9.17, 15) is 13.2 Å². The number of imidazole rings is 1. The molecule has 2 N–H and O–H groups in total. The van der Waals surface area contributed by atoms with E-state index in [1.54, 1.807) is 17.4 Å². The minimum atomic E-state index is -3.78. The van der Waals surface area contributed by atoms with Gasteiger partial charge in [0, 0.05) is 18.0 Å². The van der Waals surface area contributed by atoms with E-state index in [4.69, 9.17) is 5.14 Å². The van der Waals surface area contributed by atoms with E-state index in [1.807, 2.05) is 27.8 Å². The monoisotopic (exact) mass is 450 g/mol. The number of hydrogen-bond acceptors (Lipinski definition) is 6. The molecule has 0 bridgehead atoms. The summed E-state index contributed by atoms with van der Waals surface area (Å²) in [6.45, 7) is 3.45. The van der Waals surface area contributed by atoms with Gasteiger partial charge in [0.2, 0.25) is 15.9 Å². The Morgan fingerprint density at radius 3 is 2.90 bits per heavy atom. The summed E-state index contributed by atoms with van der Waals surface area (Å²) in [6.07, 6.45) is 2.02. The fourth-order valence-corrected chi connectivity index (χ4v) is 6.10. The first kappa shape index (κ1) is 20.4. The van der Waals surface area contributed by atoms with Crippen LogP contribution < -0.4 is 5.14 Å². The van der Waals surface area contributed by atoms with Crippen molar-refractivity contribution >= 4 is 50.1 Å². The SMILES string of the molecule is CCn1c(SCC(=O)N2CCC[C@H]2c2cccs2)nc2cc(S(N)(=O)=O)ccc21. The summed E-state index contributed by atoms with van der Waals surface area (Å²) in [7, 11) is -3.78. The molecule has 0 radical (unpaired) electrons. The van der Waals surface area contributed by atoms with E-state index in [2.05, 4.69) is 11.1 Å². The second-order valence-corrected chi connectivity index (χ2v) is 10.4. The highest BCUT2D eigenvalue weighted by molar-refractivity contribution is 7.99. The first-order valence-corrected chi connectivity index (χ1v) is 12.8. The second kappa shape index (κ2) is 8.10. The fourth-order valence-electron chi connectivity index (χ4n) is 3.73. The maximum Gasteiger partial charge on any atom is 0.238 e. The van der Waals surface area contributed by atoms with Gasteiger partial charge in [-0.25, -0.2) is 18.5 Å². The molecule has 0 unspecified atom stereocenters. The van der Waals surface area contributed by atoms with Gasteiger partial charge in [-0.2, -0.15) is 0 Å². The largest absolute Gasteiger partial charge is 0.334 e. The average Bonchev–Trinajstić information content (AvgIpc) is 3.43. The molecule has 29 heavy (non-hydrogen) atoms. The molecule has 1 amide bonds. The van der Waals surface area contributed by atoms with Crippen LogP contribution in [0.3, 0.4) is 0 Å². The molecule has 1 atom stereocenters. The van der Waals surface area contributed by atoms with Crippen LogP contribution in [0.4, 0.5) is 0 Å². The van der Waals surface area contributed by atoms with Crippen LogP contribution >= 0.6 is 23.1 Å². The van der Waals surface area contributed by atoms with Crippen LogP contribution in [0.25, 0.3) is 11.0 Å². The van der Waals surface area contributed by atoms with Crippen LogP contribution in [-0.2, 0) is 21.4 Å². The zero-order valence-corrected chi connectivity index (χ0v) is 18.4. The van der Waals surface area contributed by atoms with Crippen LogP contribution in [0, 0.1) is 0 Å². The molecule has 1 aliphatic rings. The normalized spacial score (nSPS) is 17.3. The zero-order chi connectivity index (χ0) is 20.6. The Morgan fingerprint density at radius 2 is 2.21 bits per heavy atom. The standard InChI is InChI=1S/C19H22N4O3S3/c1-2-22-15-8-7-13(29(20,25)26)11-14(15)21-19(22)28-12-18(24)23-9-3-5-16(23)17-6-4-10-27-17/h4,6-8,10-11,16H,2-3,5,9,12H2,1H3,(H2,20,25,26)/t16-/m0/s1.